The van der Waals surface area contributed by atoms with Gasteiger partial charge in [-0.2, -0.15) is 0 Å². The zero-order valence-electron chi connectivity index (χ0n) is 8.20. The van der Waals surface area contributed by atoms with E-state index >= 15 is 0 Å². The van der Waals surface area contributed by atoms with Crippen molar-refractivity contribution in [2.75, 3.05) is 0 Å². The minimum Gasteiger partial charge on any atom is -0.488 e. The Balaban J connectivity index is 2.25. The summed E-state index contributed by atoms with van der Waals surface area (Å²) in [6.07, 6.45) is 1.14. The van der Waals surface area contributed by atoms with E-state index in [4.69, 9.17) is 9.15 Å². The van der Waals surface area contributed by atoms with Gasteiger partial charge in [0.1, 0.15) is 23.1 Å². The number of hydrogen-bond donors (Lipinski definition) is 0. The summed E-state index contributed by atoms with van der Waals surface area (Å²) in [5.41, 5.74) is 2.79. The minimum absolute atomic E-state index is 0.241. The van der Waals surface area contributed by atoms with Gasteiger partial charge in [0, 0.05) is 18.6 Å². The number of pyridine rings is 1. The molecule has 0 fully saturated rings. The summed E-state index contributed by atoms with van der Waals surface area (Å²) in [5.74, 6) is 1.77. The lowest BCUT2D eigenvalue weighted by atomic mass is 10.2. The first-order valence-electron chi connectivity index (χ1n) is 4.79. The molecule has 0 radical (unpaired) electrons. The molecule has 72 valence electrons. The smallest absolute Gasteiger partial charge is 0.156 e. The van der Waals surface area contributed by atoms with Gasteiger partial charge in [-0.15, -0.1) is 0 Å². The lowest BCUT2D eigenvalue weighted by molar-refractivity contribution is 0.254. The summed E-state index contributed by atoms with van der Waals surface area (Å²) >= 11 is 0. The Morgan fingerprint density at radius 1 is 1.43 bits per heavy atom. The van der Waals surface area contributed by atoms with Crippen LogP contribution in [0.25, 0.3) is 11.1 Å². The van der Waals surface area contributed by atoms with Crippen LogP contribution in [0.2, 0.25) is 0 Å². The van der Waals surface area contributed by atoms with E-state index in [2.05, 4.69) is 11.9 Å². The minimum atomic E-state index is 0.241. The number of aryl methyl sites for hydroxylation is 1. The van der Waals surface area contributed by atoms with Crippen molar-refractivity contribution in [3.05, 3.63) is 23.6 Å². The normalized spacial score (nSPS) is 19.7. The molecular weight excluding hydrogens is 178 g/mol. The van der Waals surface area contributed by atoms with E-state index in [0.29, 0.717) is 0 Å². The predicted molar refractivity (Wildman–Crippen MR) is 52.5 cm³/mol. The molecule has 1 aliphatic rings. The molecule has 1 unspecified atom stereocenters. The fourth-order valence-electron chi connectivity index (χ4n) is 1.89. The second-order valence-corrected chi connectivity index (χ2v) is 3.81. The third-order valence-electron chi connectivity index (χ3n) is 2.47. The number of rotatable bonds is 0. The van der Waals surface area contributed by atoms with E-state index in [0.717, 1.165) is 34.7 Å². The van der Waals surface area contributed by atoms with Crippen molar-refractivity contribution in [2.24, 2.45) is 0 Å². The van der Waals surface area contributed by atoms with E-state index in [1.165, 1.54) is 0 Å². The molecule has 1 aliphatic heterocycles. The molecule has 1 atom stereocenters. The third kappa shape index (κ3) is 1.02. The molecule has 0 spiro atoms. The van der Waals surface area contributed by atoms with Crippen LogP contribution in [0.15, 0.2) is 16.5 Å². The summed E-state index contributed by atoms with van der Waals surface area (Å²) in [5, 5.41) is 0. The van der Waals surface area contributed by atoms with Crippen LogP contribution in [0.5, 0.6) is 5.75 Å². The van der Waals surface area contributed by atoms with Gasteiger partial charge in [0.25, 0.3) is 0 Å². The standard InChI is InChI=1S/C11H11NO2/c1-6-3-8-10(13-6)5-11-9(12-8)4-7(2)14-11/h3,5,7H,4H2,1-2H3. The average Bonchev–Trinajstić information content (AvgIpc) is 2.59. The number of hydrogen-bond acceptors (Lipinski definition) is 3. The number of nitrogens with zero attached hydrogens (tertiary/aromatic N) is 1. The van der Waals surface area contributed by atoms with E-state index in [9.17, 15) is 0 Å². The van der Waals surface area contributed by atoms with E-state index < -0.39 is 0 Å². The summed E-state index contributed by atoms with van der Waals surface area (Å²) < 4.78 is 11.1. The van der Waals surface area contributed by atoms with Crippen molar-refractivity contribution < 1.29 is 9.15 Å². The fraction of sp³-hybridized carbons (Fsp3) is 0.364. The second kappa shape index (κ2) is 2.50. The largest absolute Gasteiger partial charge is 0.488 e. The highest BCUT2D eigenvalue weighted by molar-refractivity contribution is 5.75. The molecule has 3 rings (SSSR count). The van der Waals surface area contributed by atoms with Crippen LogP contribution in [-0.4, -0.2) is 11.1 Å². The maximum Gasteiger partial charge on any atom is 0.156 e. The molecule has 3 heterocycles. The average molecular weight is 189 g/mol. The Hall–Kier alpha value is -1.51. The van der Waals surface area contributed by atoms with Crippen molar-refractivity contribution in [1.82, 2.24) is 4.98 Å². The van der Waals surface area contributed by atoms with Gasteiger partial charge in [-0.3, -0.25) is 0 Å². The number of aromatic nitrogens is 1. The first kappa shape index (κ1) is 7.85. The van der Waals surface area contributed by atoms with Gasteiger partial charge in [0.2, 0.25) is 0 Å². The van der Waals surface area contributed by atoms with Crippen LogP contribution in [0.3, 0.4) is 0 Å². The Morgan fingerprint density at radius 2 is 2.29 bits per heavy atom. The van der Waals surface area contributed by atoms with Crippen LogP contribution in [-0.2, 0) is 6.42 Å². The van der Waals surface area contributed by atoms with Gasteiger partial charge < -0.3 is 9.15 Å². The first-order chi connectivity index (χ1) is 6.72. The molecule has 3 heteroatoms. The Labute approximate surface area is 81.7 Å². The number of furan rings is 1. The van der Waals surface area contributed by atoms with Crippen molar-refractivity contribution in [1.29, 1.82) is 0 Å². The predicted octanol–water partition coefficient (Wildman–Crippen LogP) is 2.46. The van der Waals surface area contributed by atoms with Gasteiger partial charge >= 0.3 is 0 Å². The molecule has 2 aromatic heterocycles. The first-order valence-corrected chi connectivity index (χ1v) is 4.79. The van der Waals surface area contributed by atoms with Crippen LogP contribution in [0.4, 0.5) is 0 Å². The topological polar surface area (TPSA) is 35.3 Å². The van der Waals surface area contributed by atoms with Crippen LogP contribution < -0.4 is 4.74 Å². The summed E-state index contributed by atoms with van der Waals surface area (Å²) in [7, 11) is 0. The molecule has 14 heavy (non-hydrogen) atoms. The van der Waals surface area contributed by atoms with Crippen molar-refractivity contribution in [3.63, 3.8) is 0 Å². The number of ether oxygens (including phenoxy) is 1. The SMILES string of the molecule is Cc1cc2nc3c(cc2o1)OC(C)C3. The van der Waals surface area contributed by atoms with Gasteiger partial charge in [-0.05, 0) is 13.8 Å². The maximum atomic E-state index is 5.60. The summed E-state index contributed by atoms with van der Waals surface area (Å²) in [4.78, 5) is 4.51. The van der Waals surface area contributed by atoms with E-state index in [1.54, 1.807) is 0 Å². The van der Waals surface area contributed by atoms with Crippen LogP contribution in [0, 0.1) is 6.92 Å². The highest BCUT2D eigenvalue weighted by atomic mass is 16.5. The molecule has 0 saturated carbocycles. The molecule has 0 aliphatic carbocycles. The second-order valence-electron chi connectivity index (χ2n) is 3.81. The van der Waals surface area contributed by atoms with Crippen molar-refractivity contribution in [3.8, 4) is 5.75 Å². The van der Waals surface area contributed by atoms with Crippen LogP contribution >= 0.6 is 0 Å². The molecular formula is C11H11NO2. The monoisotopic (exact) mass is 189 g/mol. The van der Waals surface area contributed by atoms with Crippen molar-refractivity contribution >= 4 is 11.1 Å². The molecule has 2 aromatic rings. The van der Waals surface area contributed by atoms with Crippen molar-refractivity contribution in [2.45, 2.75) is 26.4 Å². The lowest BCUT2D eigenvalue weighted by Crippen LogP contribution is -2.05. The highest BCUT2D eigenvalue weighted by Crippen LogP contribution is 2.31. The number of fused-ring (bicyclic) bond motifs is 2. The molecule has 3 nitrogen and oxygen atoms in total. The Kier molecular flexibility index (Phi) is 1.40. The third-order valence-corrected chi connectivity index (χ3v) is 2.47. The maximum absolute atomic E-state index is 5.60. The quantitative estimate of drug-likeness (QED) is 0.638. The summed E-state index contributed by atoms with van der Waals surface area (Å²) in [6.45, 7) is 3.98. The molecule has 0 amide bonds. The van der Waals surface area contributed by atoms with Gasteiger partial charge in [0.05, 0.1) is 5.69 Å². The molecule has 0 saturated heterocycles. The van der Waals surface area contributed by atoms with Gasteiger partial charge in [0.15, 0.2) is 5.58 Å². The summed E-state index contributed by atoms with van der Waals surface area (Å²) in [6, 6.07) is 3.90. The molecule has 0 bridgehead atoms. The lowest BCUT2D eigenvalue weighted by Gasteiger charge is -2.00. The fourth-order valence-corrected chi connectivity index (χ4v) is 1.89. The van der Waals surface area contributed by atoms with Crippen LogP contribution in [0.1, 0.15) is 18.4 Å². The highest BCUT2D eigenvalue weighted by Gasteiger charge is 2.21. The van der Waals surface area contributed by atoms with Gasteiger partial charge in [-0.25, -0.2) is 4.98 Å². The molecule has 0 aromatic carbocycles. The Morgan fingerprint density at radius 3 is 3.14 bits per heavy atom. The molecule has 0 N–H and O–H groups in total. The van der Waals surface area contributed by atoms with E-state index in [1.807, 2.05) is 19.1 Å². The Bertz CT molecular complexity index is 458. The van der Waals surface area contributed by atoms with E-state index in [-0.39, 0.29) is 6.10 Å². The zero-order chi connectivity index (χ0) is 9.71. The van der Waals surface area contributed by atoms with Gasteiger partial charge in [-0.1, -0.05) is 0 Å². The zero-order valence-corrected chi connectivity index (χ0v) is 8.20.